The van der Waals surface area contributed by atoms with Gasteiger partial charge in [0.2, 0.25) is 0 Å². The number of fused-ring (bicyclic) bond motifs is 1. The Labute approximate surface area is 136 Å². The molecule has 0 bridgehead atoms. The zero-order chi connectivity index (χ0) is 15.9. The molecule has 0 saturated carbocycles. The molecule has 0 spiro atoms. The van der Waals surface area contributed by atoms with Crippen LogP contribution >= 0.6 is 15.9 Å². The number of halogens is 1. The van der Waals surface area contributed by atoms with Crippen LogP contribution in [0.25, 0.3) is 10.9 Å². The molecule has 0 radical (unpaired) electrons. The summed E-state index contributed by atoms with van der Waals surface area (Å²) in [6.07, 6.45) is 1.48. The van der Waals surface area contributed by atoms with Crippen molar-refractivity contribution in [2.75, 3.05) is 0 Å². The van der Waals surface area contributed by atoms with E-state index in [0.717, 1.165) is 5.56 Å². The van der Waals surface area contributed by atoms with Gasteiger partial charge >= 0.3 is 0 Å². The summed E-state index contributed by atoms with van der Waals surface area (Å²) < 4.78 is 27.5. The van der Waals surface area contributed by atoms with Gasteiger partial charge in [0.05, 0.1) is 22.0 Å². The molecule has 0 aliphatic rings. The summed E-state index contributed by atoms with van der Waals surface area (Å²) in [5, 5.41) is 9.77. The first-order valence-corrected chi connectivity index (χ1v) is 8.70. The van der Waals surface area contributed by atoms with Crippen molar-refractivity contribution >= 4 is 36.9 Å². The Kier molecular flexibility index (Phi) is 3.55. The number of hydrogen-bond donors (Lipinski definition) is 0. The van der Waals surface area contributed by atoms with Crippen molar-refractivity contribution in [1.29, 1.82) is 5.26 Å². The first-order valence-electron chi connectivity index (χ1n) is 6.47. The highest BCUT2D eigenvalue weighted by molar-refractivity contribution is 9.10. The molecule has 4 nitrogen and oxygen atoms in total. The van der Waals surface area contributed by atoms with Crippen LogP contribution in [-0.4, -0.2) is 12.4 Å². The molecule has 0 fully saturated rings. The maximum atomic E-state index is 12.8. The van der Waals surface area contributed by atoms with E-state index in [1.165, 1.54) is 10.2 Å². The first-order chi connectivity index (χ1) is 10.4. The van der Waals surface area contributed by atoms with E-state index in [-0.39, 0.29) is 4.90 Å². The average molecular weight is 375 g/mol. The second kappa shape index (κ2) is 5.27. The number of hydrogen-bond acceptors (Lipinski definition) is 3. The van der Waals surface area contributed by atoms with E-state index in [0.29, 0.717) is 20.9 Å². The highest BCUT2D eigenvalue weighted by atomic mass is 79.9. The third-order valence-electron chi connectivity index (χ3n) is 3.46. The second-order valence-corrected chi connectivity index (χ2v) is 7.57. The third-order valence-corrected chi connectivity index (χ3v) is 5.79. The van der Waals surface area contributed by atoms with Crippen LogP contribution in [0, 0.1) is 18.3 Å². The van der Waals surface area contributed by atoms with Crippen molar-refractivity contribution in [3.8, 4) is 6.07 Å². The van der Waals surface area contributed by atoms with Crippen molar-refractivity contribution in [3.63, 3.8) is 0 Å². The molecule has 1 aromatic heterocycles. The lowest BCUT2D eigenvalue weighted by Gasteiger charge is -2.09. The summed E-state index contributed by atoms with van der Waals surface area (Å²) in [4.78, 5) is 0.213. The molecule has 110 valence electrons. The number of nitrogens with zero attached hydrogens (tertiary/aromatic N) is 2. The molecule has 2 aromatic carbocycles. The van der Waals surface area contributed by atoms with E-state index in [1.807, 2.05) is 6.92 Å². The normalized spacial score (nSPS) is 11.5. The molecule has 0 atom stereocenters. The summed E-state index contributed by atoms with van der Waals surface area (Å²) in [6.45, 7) is 1.90. The molecular weight excluding hydrogens is 364 g/mol. The van der Waals surface area contributed by atoms with Gasteiger partial charge in [-0.1, -0.05) is 17.7 Å². The summed E-state index contributed by atoms with van der Waals surface area (Å²) >= 11 is 3.37. The topological polar surface area (TPSA) is 62.9 Å². The van der Waals surface area contributed by atoms with Crippen LogP contribution in [0.1, 0.15) is 11.1 Å². The number of aryl methyl sites for hydroxylation is 1. The minimum absolute atomic E-state index is 0.213. The van der Waals surface area contributed by atoms with Gasteiger partial charge < -0.3 is 0 Å². The Hall–Kier alpha value is -2.10. The minimum Gasteiger partial charge on any atom is -0.240 e. The van der Waals surface area contributed by atoms with Crippen LogP contribution in [0.3, 0.4) is 0 Å². The number of nitriles is 1. The standard InChI is InChI=1S/C16H11BrN2O2S/c1-11-2-5-13(6-3-11)22(20,21)19-9-8-14-12(10-18)4-7-15(17)16(14)19/h2-9H,1H3. The maximum Gasteiger partial charge on any atom is 0.268 e. The fourth-order valence-corrected chi connectivity index (χ4v) is 4.33. The van der Waals surface area contributed by atoms with Gasteiger partial charge in [-0.15, -0.1) is 0 Å². The molecule has 1 heterocycles. The van der Waals surface area contributed by atoms with Gasteiger partial charge in [-0.25, -0.2) is 12.4 Å². The fraction of sp³-hybridized carbons (Fsp3) is 0.0625. The fourth-order valence-electron chi connectivity index (χ4n) is 2.31. The Morgan fingerprint density at radius 2 is 1.77 bits per heavy atom. The smallest absolute Gasteiger partial charge is 0.240 e. The monoisotopic (exact) mass is 374 g/mol. The van der Waals surface area contributed by atoms with Crippen LogP contribution in [0.4, 0.5) is 0 Å². The summed E-state index contributed by atoms with van der Waals surface area (Å²) in [6, 6.07) is 13.7. The Balaban J connectivity index is 2.31. The van der Waals surface area contributed by atoms with Crippen LogP contribution in [0.2, 0.25) is 0 Å². The van der Waals surface area contributed by atoms with E-state index < -0.39 is 10.0 Å². The van der Waals surface area contributed by atoms with Gasteiger partial charge in [0.25, 0.3) is 10.0 Å². The number of rotatable bonds is 2. The van der Waals surface area contributed by atoms with Crippen molar-refractivity contribution in [1.82, 2.24) is 3.97 Å². The van der Waals surface area contributed by atoms with E-state index in [2.05, 4.69) is 22.0 Å². The molecule has 0 aliphatic heterocycles. The highest BCUT2D eigenvalue weighted by Gasteiger charge is 2.21. The van der Waals surface area contributed by atoms with Crippen molar-refractivity contribution < 1.29 is 8.42 Å². The maximum absolute atomic E-state index is 12.8. The average Bonchev–Trinajstić information content (AvgIpc) is 2.95. The van der Waals surface area contributed by atoms with Gasteiger partial charge in [0.15, 0.2) is 0 Å². The minimum atomic E-state index is -3.71. The molecule has 0 amide bonds. The second-order valence-electron chi connectivity index (χ2n) is 4.90. The molecule has 22 heavy (non-hydrogen) atoms. The largest absolute Gasteiger partial charge is 0.268 e. The van der Waals surface area contributed by atoms with Gasteiger partial charge in [-0.2, -0.15) is 5.26 Å². The molecule has 6 heteroatoms. The lowest BCUT2D eigenvalue weighted by molar-refractivity contribution is 0.589. The summed E-state index contributed by atoms with van der Waals surface area (Å²) in [5.74, 6) is 0. The van der Waals surface area contributed by atoms with E-state index in [9.17, 15) is 8.42 Å². The van der Waals surface area contributed by atoms with E-state index >= 15 is 0 Å². The predicted molar refractivity (Wildman–Crippen MR) is 88.1 cm³/mol. The lowest BCUT2D eigenvalue weighted by atomic mass is 10.1. The first kappa shape index (κ1) is 14.8. The highest BCUT2D eigenvalue weighted by Crippen LogP contribution is 2.30. The molecule has 0 saturated heterocycles. The SMILES string of the molecule is Cc1ccc(S(=O)(=O)n2ccc3c(C#N)ccc(Br)c32)cc1. The quantitative estimate of drug-likeness (QED) is 0.684. The third kappa shape index (κ3) is 2.23. The van der Waals surface area contributed by atoms with Gasteiger partial charge in [0.1, 0.15) is 0 Å². The molecule has 3 rings (SSSR count). The molecule has 0 aliphatic carbocycles. The zero-order valence-electron chi connectivity index (χ0n) is 11.6. The van der Waals surface area contributed by atoms with E-state index in [1.54, 1.807) is 42.5 Å². The predicted octanol–water partition coefficient (Wildman–Crippen LogP) is 3.82. The van der Waals surface area contributed by atoms with Gasteiger partial charge in [0, 0.05) is 16.1 Å². The number of benzene rings is 2. The molecule has 0 N–H and O–H groups in total. The van der Waals surface area contributed by atoms with Crippen molar-refractivity contribution in [3.05, 3.63) is 64.3 Å². The van der Waals surface area contributed by atoms with Crippen molar-refractivity contribution in [2.45, 2.75) is 11.8 Å². The molecular formula is C16H11BrN2O2S. The zero-order valence-corrected chi connectivity index (χ0v) is 14.0. The lowest BCUT2D eigenvalue weighted by Crippen LogP contribution is -2.12. The van der Waals surface area contributed by atoms with Crippen LogP contribution in [0.5, 0.6) is 0 Å². The summed E-state index contributed by atoms with van der Waals surface area (Å²) in [7, 11) is -3.71. The Bertz CT molecular complexity index is 1010. The Morgan fingerprint density at radius 1 is 1.09 bits per heavy atom. The number of aromatic nitrogens is 1. The van der Waals surface area contributed by atoms with Crippen LogP contribution in [-0.2, 0) is 10.0 Å². The Morgan fingerprint density at radius 3 is 2.41 bits per heavy atom. The van der Waals surface area contributed by atoms with Crippen LogP contribution in [0.15, 0.2) is 58.0 Å². The van der Waals surface area contributed by atoms with Gasteiger partial charge in [-0.3, -0.25) is 0 Å². The van der Waals surface area contributed by atoms with Crippen molar-refractivity contribution in [2.24, 2.45) is 0 Å². The summed E-state index contributed by atoms with van der Waals surface area (Å²) in [5.41, 5.74) is 1.90. The van der Waals surface area contributed by atoms with E-state index in [4.69, 9.17) is 5.26 Å². The van der Waals surface area contributed by atoms with Gasteiger partial charge in [-0.05, 0) is 53.2 Å². The molecule has 0 unspecified atom stereocenters. The molecule has 3 aromatic rings. The van der Waals surface area contributed by atoms with Crippen LogP contribution < -0.4 is 0 Å².